The molecule has 1 rings (SSSR count). The van der Waals surface area contributed by atoms with Crippen LogP contribution in [0.3, 0.4) is 0 Å². The third-order valence-electron chi connectivity index (χ3n) is 2.65. The molecule has 4 heteroatoms. The summed E-state index contributed by atoms with van der Waals surface area (Å²) >= 11 is 12.0. The van der Waals surface area contributed by atoms with Crippen molar-refractivity contribution < 1.29 is 4.79 Å². The lowest BCUT2D eigenvalue weighted by atomic mass is 9.96. The summed E-state index contributed by atoms with van der Waals surface area (Å²) in [5.41, 5.74) is 6.22. The van der Waals surface area contributed by atoms with Gasteiger partial charge in [-0.15, -0.1) is 0 Å². The second kappa shape index (κ2) is 6.24. The van der Waals surface area contributed by atoms with Gasteiger partial charge >= 0.3 is 0 Å². The van der Waals surface area contributed by atoms with Gasteiger partial charge in [-0.25, -0.2) is 0 Å². The molecule has 1 atom stereocenters. The van der Waals surface area contributed by atoms with Crippen molar-refractivity contribution in [1.82, 2.24) is 0 Å². The van der Waals surface area contributed by atoms with E-state index in [-0.39, 0.29) is 18.1 Å². The fourth-order valence-corrected chi connectivity index (χ4v) is 2.08. The second-order valence-electron chi connectivity index (χ2n) is 3.68. The Morgan fingerprint density at radius 1 is 1.38 bits per heavy atom. The Hall–Kier alpha value is -0.570. The van der Waals surface area contributed by atoms with Gasteiger partial charge in [0.15, 0.2) is 0 Å². The molecule has 0 radical (unpaired) electrons. The highest BCUT2D eigenvalue weighted by Gasteiger charge is 2.17. The van der Waals surface area contributed by atoms with Crippen LogP contribution in [0.25, 0.3) is 0 Å². The van der Waals surface area contributed by atoms with E-state index in [0.29, 0.717) is 22.2 Å². The number of carbonyl (C=O) groups is 1. The average Bonchev–Trinajstić information content (AvgIpc) is 2.25. The Morgan fingerprint density at radius 3 is 2.38 bits per heavy atom. The molecule has 1 aromatic carbocycles. The molecule has 0 aliphatic carbocycles. The molecule has 16 heavy (non-hydrogen) atoms. The van der Waals surface area contributed by atoms with Gasteiger partial charge in [0.2, 0.25) is 0 Å². The number of rotatable bonds is 5. The fourth-order valence-electron chi connectivity index (χ4n) is 1.55. The maximum absolute atomic E-state index is 11.9. The summed E-state index contributed by atoms with van der Waals surface area (Å²) in [6.07, 6.45) is 1.01. The van der Waals surface area contributed by atoms with E-state index in [9.17, 15) is 4.79 Å². The van der Waals surface area contributed by atoms with Crippen LogP contribution in [0, 0.1) is 5.92 Å². The van der Waals surface area contributed by atoms with Gasteiger partial charge in [0.05, 0.1) is 0 Å². The summed E-state index contributed by atoms with van der Waals surface area (Å²) in [6.45, 7) is 2.32. The number of carbonyl (C=O) groups excluding carboxylic acids is 1. The molecule has 1 aromatic rings. The summed E-state index contributed by atoms with van der Waals surface area (Å²) in [7, 11) is 0. The zero-order chi connectivity index (χ0) is 12.1. The van der Waals surface area contributed by atoms with Crippen molar-refractivity contribution in [2.24, 2.45) is 11.7 Å². The van der Waals surface area contributed by atoms with Crippen LogP contribution < -0.4 is 5.73 Å². The van der Waals surface area contributed by atoms with E-state index in [0.717, 1.165) is 6.42 Å². The highest BCUT2D eigenvalue weighted by Crippen LogP contribution is 2.25. The van der Waals surface area contributed by atoms with Crippen LogP contribution in [-0.4, -0.2) is 12.3 Å². The van der Waals surface area contributed by atoms with E-state index in [2.05, 4.69) is 0 Å². The first kappa shape index (κ1) is 13.5. The second-order valence-corrected chi connectivity index (χ2v) is 4.50. The Balaban J connectivity index is 2.84. The van der Waals surface area contributed by atoms with Crippen LogP contribution in [0.1, 0.15) is 18.9 Å². The number of hydrogen-bond donors (Lipinski definition) is 1. The Bertz CT molecular complexity index is 355. The minimum Gasteiger partial charge on any atom is -0.330 e. The molecule has 0 spiro atoms. The quantitative estimate of drug-likeness (QED) is 0.884. The first-order chi connectivity index (χ1) is 7.60. The zero-order valence-corrected chi connectivity index (χ0v) is 10.7. The SMILES string of the molecule is CCC(CN)C(=O)Cc1c(Cl)cccc1Cl. The van der Waals surface area contributed by atoms with Crippen molar-refractivity contribution in [1.29, 1.82) is 0 Å². The first-order valence-electron chi connectivity index (χ1n) is 5.25. The predicted octanol–water partition coefficient (Wildman–Crippen LogP) is 3.09. The van der Waals surface area contributed by atoms with E-state index >= 15 is 0 Å². The largest absolute Gasteiger partial charge is 0.330 e. The fraction of sp³-hybridized carbons (Fsp3) is 0.417. The summed E-state index contributed by atoms with van der Waals surface area (Å²) < 4.78 is 0. The molecule has 0 bridgehead atoms. The molecule has 0 aliphatic heterocycles. The van der Waals surface area contributed by atoms with Gasteiger partial charge in [-0.2, -0.15) is 0 Å². The van der Waals surface area contributed by atoms with Crippen LogP contribution in [0.2, 0.25) is 10.0 Å². The summed E-state index contributed by atoms with van der Waals surface area (Å²) in [4.78, 5) is 11.9. The lowest BCUT2D eigenvalue weighted by molar-refractivity contribution is -0.122. The number of ketones is 1. The highest BCUT2D eigenvalue weighted by molar-refractivity contribution is 6.36. The van der Waals surface area contributed by atoms with E-state index in [4.69, 9.17) is 28.9 Å². The molecule has 0 heterocycles. The van der Waals surface area contributed by atoms with E-state index in [1.807, 2.05) is 6.92 Å². The first-order valence-corrected chi connectivity index (χ1v) is 6.01. The molecular weight excluding hydrogens is 245 g/mol. The molecule has 0 amide bonds. The van der Waals surface area contributed by atoms with Crippen molar-refractivity contribution in [2.45, 2.75) is 19.8 Å². The van der Waals surface area contributed by atoms with Gasteiger partial charge in [-0.3, -0.25) is 4.79 Å². The lowest BCUT2D eigenvalue weighted by Crippen LogP contribution is -2.24. The topological polar surface area (TPSA) is 43.1 Å². The van der Waals surface area contributed by atoms with Gasteiger partial charge < -0.3 is 5.73 Å². The van der Waals surface area contributed by atoms with Crippen molar-refractivity contribution in [3.63, 3.8) is 0 Å². The molecule has 0 saturated heterocycles. The molecule has 0 aliphatic rings. The Labute approximate surface area is 106 Å². The number of Topliss-reactive ketones (excluding diaryl/α,β-unsaturated/α-hetero) is 1. The zero-order valence-electron chi connectivity index (χ0n) is 9.17. The molecule has 0 fully saturated rings. The number of benzene rings is 1. The predicted molar refractivity (Wildman–Crippen MR) is 68.0 cm³/mol. The van der Waals surface area contributed by atoms with Gasteiger partial charge in [-0.05, 0) is 24.1 Å². The van der Waals surface area contributed by atoms with Gasteiger partial charge in [0, 0.05) is 28.9 Å². The molecule has 0 aromatic heterocycles. The molecule has 2 N–H and O–H groups in total. The van der Waals surface area contributed by atoms with Crippen molar-refractivity contribution in [3.05, 3.63) is 33.8 Å². The maximum atomic E-state index is 11.9. The Kier molecular flexibility index (Phi) is 5.26. The smallest absolute Gasteiger partial charge is 0.141 e. The summed E-state index contributed by atoms with van der Waals surface area (Å²) in [5.74, 6) is -0.00709. The molecule has 2 nitrogen and oxygen atoms in total. The standard InChI is InChI=1S/C12H15Cl2NO/c1-2-8(7-15)12(16)6-9-10(13)4-3-5-11(9)14/h3-5,8H,2,6-7,15H2,1H3. The highest BCUT2D eigenvalue weighted by atomic mass is 35.5. The van der Waals surface area contributed by atoms with Gasteiger partial charge in [0.25, 0.3) is 0 Å². The van der Waals surface area contributed by atoms with Crippen LogP contribution in [-0.2, 0) is 11.2 Å². The van der Waals surface area contributed by atoms with Gasteiger partial charge in [0.1, 0.15) is 5.78 Å². The third-order valence-corrected chi connectivity index (χ3v) is 3.35. The van der Waals surface area contributed by atoms with Crippen LogP contribution >= 0.6 is 23.2 Å². The summed E-state index contributed by atoms with van der Waals surface area (Å²) in [6, 6.07) is 5.23. The normalized spacial score (nSPS) is 12.5. The Morgan fingerprint density at radius 2 is 1.94 bits per heavy atom. The molecular formula is C12H15Cl2NO. The van der Waals surface area contributed by atoms with E-state index < -0.39 is 0 Å². The minimum atomic E-state index is -0.104. The van der Waals surface area contributed by atoms with E-state index in [1.54, 1.807) is 18.2 Å². The lowest BCUT2D eigenvalue weighted by Gasteiger charge is -2.12. The van der Waals surface area contributed by atoms with E-state index in [1.165, 1.54) is 0 Å². The van der Waals surface area contributed by atoms with Crippen LogP contribution in [0.4, 0.5) is 0 Å². The maximum Gasteiger partial charge on any atom is 0.141 e. The number of halogens is 2. The van der Waals surface area contributed by atoms with Crippen molar-refractivity contribution in [2.75, 3.05) is 6.54 Å². The molecule has 88 valence electrons. The molecule has 0 saturated carbocycles. The van der Waals surface area contributed by atoms with Crippen molar-refractivity contribution in [3.8, 4) is 0 Å². The van der Waals surface area contributed by atoms with Crippen molar-refractivity contribution >= 4 is 29.0 Å². The number of hydrogen-bond acceptors (Lipinski definition) is 2. The monoisotopic (exact) mass is 259 g/mol. The van der Waals surface area contributed by atoms with Gasteiger partial charge in [-0.1, -0.05) is 36.2 Å². The third kappa shape index (κ3) is 3.21. The average molecular weight is 260 g/mol. The molecule has 1 unspecified atom stereocenters. The minimum absolute atomic E-state index is 0.0972. The summed E-state index contributed by atoms with van der Waals surface area (Å²) in [5, 5.41) is 1.07. The number of nitrogens with two attached hydrogens (primary N) is 1. The van der Waals surface area contributed by atoms with Crippen LogP contribution in [0.15, 0.2) is 18.2 Å². The van der Waals surface area contributed by atoms with Crippen LogP contribution in [0.5, 0.6) is 0 Å².